The zero-order valence-electron chi connectivity index (χ0n) is 13.5. The van der Waals surface area contributed by atoms with Gasteiger partial charge in [0.15, 0.2) is 15.6 Å². The van der Waals surface area contributed by atoms with Gasteiger partial charge in [0.2, 0.25) is 0 Å². The van der Waals surface area contributed by atoms with Gasteiger partial charge in [-0.05, 0) is 37.3 Å². The molecule has 1 saturated carbocycles. The zero-order chi connectivity index (χ0) is 17.5. The molecular weight excluding hydrogens is 334 g/mol. The molecule has 3 atom stereocenters. The van der Waals surface area contributed by atoms with Gasteiger partial charge in [0.1, 0.15) is 17.6 Å². The molecule has 1 aliphatic heterocycles. The Labute approximate surface area is 140 Å². The van der Waals surface area contributed by atoms with E-state index >= 15 is 0 Å². The van der Waals surface area contributed by atoms with Crippen LogP contribution in [0.15, 0.2) is 16.5 Å². The van der Waals surface area contributed by atoms with Crippen molar-refractivity contribution in [3.63, 3.8) is 0 Å². The third-order valence-corrected chi connectivity index (χ3v) is 5.69. The number of furan rings is 1. The van der Waals surface area contributed by atoms with Gasteiger partial charge < -0.3 is 14.4 Å². The third-order valence-electron chi connectivity index (χ3n) is 4.88. The van der Waals surface area contributed by atoms with Crippen molar-refractivity contribution in [2.45, 2.75) is 49.9 Å². The second-order valence-electron chi connectivity index (χ2n) is 6.75. The number of fused-ring (bicyclic) bond motifs is 1. The number of likely N-dealkylation sites (tertiary alicyclic amines) is 1. The van der Waals surface area contributed by atoms with E-state index in [-0.39, 0.29) is 29.2 Å². The van der Waals surface area contributed by atoms with Crippen LogP contribution < -0.4 is 0 Å². The molecule has 0 unspecified atom stereocenters. The van der Waals surface area contributed by atoms with E-state index in [1.165, 1.54) is 17.0 Å². The van der Waals surface area contributed by atoms with Gasteiger partial charge in [0, 0.05) is 12.3 Å². The second-order valence-corrected chi connectivity index (χ2v) is 8.89. The van der Waals surface area contributed by atoms with Crippen LogP contribution >= 0.6 is 0 Å². The Morgan fingerprint density at radius 2 is 2.00 bits per heavy atom. The average molecular weight is 355 g/mol. The van der Waals surface area contributed by atoms with Crippen LogP contribution in [0.5, 0.6) is 0 Å². The predicted octanol–water partition coefficient (Wildman–Crippen LogP) is 1.68. The van der Waals surface area contributed by atoms with E-state index in [0.29, 0.717) is 6.42 Å². The smallest absolute Gasteiger partial charge is 0.326 e. The Balaban J connectivity index is 1.85. The maximum absolute atomic E-state index is 12.8. The van der Waals surface area contributed by atoms with Crippen molar-refractivity contribution >= 4 is 21.7 Å². The molecule has 0 bridgehead atoms. The lowest BCUT2D eigenvalue weighted by atomic mass is 9.84. The highest BCUT2D eigenvalue weighted by Gasteiger charge is 2.48. The molecule has 1 N–H and O–H groups in total. The quantitative estimate of drug-likeness (QED) is 0.881. The summed E-state index contributed by atoms with van der Waals surface area (Å²) in [4.78, 5) is 25.8. The van der Waals surface area contributed by atoms with Crippen molar-refractivity contribution < 1.29 is 27.5 Å². The van der Waals surface area contributed by atoms with Gasteiger partial charge in [-0.2, -0.15) is 0 Å². The number of sulfone groups is 1. The summed E-state index contributed by atoms with van der Waals surface area (Å²) in [6.45, 7) is 0. The fourth-order valence-corrected chi connectivity index (χ4v) is 4.60. The average Bonchev–Trinajstić information content (AvgIpc) is 3.09. The molecule has 1 aromatic heterocycles. The maximum Gasteiger partial charge on any atom is 0.326 e. The maximum atomic E-state index is 12.8. The summed E-state index contributed by atoms with van der Waals surface area (Å²) < 4.78 is 28.0. The van der Waals surface area contributed by atoms with E-state index in [1.54, 1.807) is 0 Å². The van der Waals surface area contributed by atoms with Crippen molar-refractivity contribution in [1.82, 2.24) is 4.90 Å². The molecule has 2 aliphatic rings. The van der Waals surface area contributed by atoms with E-state index in [0.717, 1.165) is 31.9 Å². The number of carboxylic acid groups (broad SMARTS) is 1. The number of nitrogens with zero attached hydrogens (tertiary/aromatic N) is 1. The largest absolute Gasteiger partial charge is 0.480 e. The molecule has 24 heavy (non-hydrogen) atoms. The van der Waals surface area contributed by atoms with E-state index in [4.69, 9.17) is 4.42 Å². The molecule has 3 rings (SSSR count). The Morgan fingerprint density at radius 3 is 2.67 bits per heavy atom. The molecule has 1 aromatic rings. The van der Waals surface area contributed by atoms with Crippen LogP contribution in [0.4, 0.5) is 0 Å². The van der Waals surface area contributed by atoms with Gasteiger partial charge in [-0.15, -0.1) is 0 Å². The number of carboxylic acids is 1. The minimum absolute atomic E-state index is 0.00567. The van der Waals surface area contributed by atoms with Crippen LogP contribution in [0.1, 0.15) is 48.4 Å². The summed E-state index contributed by atoms with van der Waals surface area (Å²) in [5.74, 6) is -1.33. The summed E-state index contributed by atoms with van der Waals surface area (Å²) in [6, 6.07) is 1.97. The Bertz CT molecular complexity index is 752. The number of amides is 1. The van der Waals surface area contributed by atoms with Gasteiger partial charge in [-0.3, -0.25) is 4.79 Å². The summed E-state index contributed by atoms with van der Waals surface area (Å²) in [5, 5.41) is 9.48. The molecule has 7 nitrogen and oxygen atoms in total. The molecule has 1 aliphatic carbocycles. The summed E-state index contributed by atoms with van der Waals surface area (Å²) in [7, 11) is -3.26. The molecule has 8 heteroatoms. The van der Waals surface area contributed by atoms with Crippen LogP contribution in [0.2, 0.25) is 0 Å². The van der Waals surface area contributed by atoms with Crippen molar-refractivity contribution in [1.29, 1.82) is 0 Å². The molecule has 0 spiro atoms. The van der Waals surface area contributed by atoms with Gasteiger partial charge in [0.05, 0.1) is 0 Å². The lowest BCUT2D eigenvalue weighted by Crippen LogP contribution is -2.46. The Morgan fingerprint density at radius 1 is 1.29 bits per heavy atom. The highest BCUT2D eigenvalue weighted by atomic mass is 32.2. The van der Waals surface area contributed by atoms with Crippen LogP contribution in [0, 0.1) is 5.92 Å². The lowest BCUT2D eigenvalue weighted by Gasteiger charge is -2.32. The first-order chi connectivity index (χ1) is 11.3. The highest BCUT2D eigenvalue weighted by molar-refractivity contribution is 7.89. The fraction of sp³-hybridized carbons (Fsp3) is 0.625. The first-order valence-electron chi connectivity index (χ1n) is 8.08. The lowest BCUT2D eigenvalue weighted by molar-refractivity contribution is -0.141. The topological polar surface area (TPSA) is 105 Å². The SMILES string of the molecule is CS(=O)(=O)Cc1ccc(C(=O)N2[C@@H]3CCCC[C@H]3C[C@H]2C(=O)O)o1. The molecule has 0 aromatic carbocycles. The first kappa shape index (κ1) is 17.0. The molecule has 1 amide bonds. The molecular formula is C16H21NO6S. The predicted molar refractivity (Wildman–Crippen MR) is 85.2 cm³/mol. The number of hydrogen-bond acceptors (Lipinski definition) is 5. The minimum atomic E-state index is -3.26. The number of rotatable bonds is 4. The summed E-state index contributed by atoms with van der Waals surface area (Å²) in [5.41, 5.74) is 0. The van der Waals surface area contributed by atoms with Gasteiger partial charge in [0.25, 0.3) is 5.91 Å². The van der Waals surface area contributed by atoms with Crippen LogP contribution in [0.3, 0.4) is 0 Å². The van der Waals surface area contributed by atoms with E-state index in [9.17, 15) is 23.1 Å². The first-order valence-corrected chi connectivity index (χ1v) is 10.1. The molecule has 2 fully saturated rings. The fourth-order valence-electron chi connectivity index (χ4n) is 3.93. The van der Waals surface area contributed by atoms with Crippen LogP contribution in [-0.4, -0.2) is 48.6 Å². The van der Waals surface area contributed by atoms with Crippen LogP contribution in [0.25, 0.3) is 0 Å². The van der Waals surface area contributed by atoms with Crippen molar-refractivity contribution in [2.24, 2.45) is 5.92 Å². The highest BCUT2D eigenvalue weighted by Crippen LogP contribution is 2.40. The summed E-state index contributed by atoms with van der Waals surface area (Å²) >= 11 is 0. The van der Waals surface area contributed by atoms with E-state index in [2.05, 4.69) is 0 Å². The Kier molecular flexibility index (Phi) is 4.42. The van der Waals surface area contributed by atoms with Crippen molar-refractivity contribution in [3.05, 3.63) is 23.7 Å². The molecule has 2 heterocycles. The number of hydrogen-bond donors (Lipinski definition) is 1. The van der Waals surface area contributed by atoms with E-state index < -0.39 is 27.8 Å². The minimum Gasteiger partial charge on any atom is -0.480 e. The van der Waals surface area contributed by atoms with Gasteiger partial charge in [-0.25, -0.2) is 13.2 Å². The zero-order valence-corrected chi connectivity index (χ0v) is 14.3. The third kappa shape index (κ3) is 3.33. The molecule has 0 radical (unpaired) electrons. The second kappa shape index (κ2) is 6.23. The monoisotopic (exact) mass is 355 g/mol. The van der Waals surface area contributed by atoms with Crippen LogP contribution in [-0.2, 0) is 20.4 Å². The Hall–Kier alpha value is -1.83. The number of aliphatic carboxylic acids is 1. The molecule has 1 saturated heterocycles. The number of carbonyl (C=O) groups is 2. The van der Waals surface area contributed by atoms with E-state index in [1.807, 2.05) is 0 Å². The van der Waals surface area contributed by atoms with Gasteiger partial charge >= 0.3 is 5.97 Å². The standard InChI is InChI=1S/C16H21NO6S/c1-24(21,22)9-11-6-7-14(23-11)15(18)17-12-5-3-2-4-10(12)8-13(17)16(19)20/h6-7,10,12-13H,2-5,8-9H2,1H3,(H,19,20)/t10-,12+,13-/m0/s1. The van der Waals surface area contributed by atoms with Gasteiger partial charge in [-0.1, -0.05) is 12.8 Å². The summed E-state index contributed by atoms with van der Waals surface area (Å²) in [6.07, 6.45) is 5.35. The number of carbonyl (C=O) groups excluding carboxylic acids is 1. The molecule has 132 valence electrons. The van der Waals surface area contributed by atoms with Crippen molar-refractivity contribution in [3.8, 4) is 0 Å². The normalized spacial score (nSPS) is 27.0. The van der Waals surface area contributed by atoms with Crippen molar-refractivity contribution in [2.75, 3.05) is 6.26 Å².